The number of rotatable bonds is 4. The number of benzene rings is 1. The molecule has 0 bridgehead atoms. The van der Waals surface area contributed by atoms with Gasteiger partial charge in [0.15, 0.2) is 0 Å². The Morgan fingerprint density at radius 2 is 2.23 bits per heavy atom. The van der Waals surface area contributed by atoms with E-state index in [1.54, 1.807) is 0 Å². The molecular weight excluding hydrogens is 296 g/mol. The van der Waals surface area contributed by atoms with Crippen LogP contribution < -0.4 is 5.32 Å². The van der Waals surface area contributed by atoms with Crippen LogP contribution in [-0.4, -0.2) is 6.54 Å². The number of anilines is 1. The van der Waals surface area contributed by atoms with Gasteiger partial charge in [-0.1, -0.05) is 24.9 Å². The van der Waals surface area contributed by atoms with Gasteiger partial charge in [0.25, 0.3) is 0 Å². The molecule has 0 heterocycles. The first kappa shape index (κ1) is 11.1. The van der Waals surface area contributed by atoms with E-state index < -0.39 is 0 Å². The summed E-state index contributed by atoms with van der Waals surface area (Å²) in [4.78, 5) is 0. The molecule has 0 aliphatic carbocycles. The summed E-state index contributed by atoms with van der Waals surface area (Å²) < 4.78 is 1.22. The fraction of sp³-hybridized carbons (Fsp3) is 0.400. The Labute approximate surface area is 98.0 Å². The van der Waals surface area contributed by atoms with Crippen LogP contribution in [0.15, 0.2) is 18.2 Å². The van der Waals surface area contributed by atoms with Crippen molar-refractivity contribution in [2.75, 3.05) is 11.9 Å². The van der Waals surface area contributed by atoms with Gasteiger partial charge < -0.3 is 5.32 Å². The average Bonchev–Trinajstić information content (AvgIpc) is 2.11. The van der Waals surface area contributed by atoms with Gasteiger partial charge in [-0.25, -0.2) is 0 Å². The van der Waals surface area contributed by atoms with E-state index in [1.807, 2.05) is 18.2 Å². The van der Waals surface area contributed by atoms with E-state index in [9.17, 15) is 0 Å². The Bertz CT molecular complexity index is 276. The molecule has 13 heavy (non-hydrogen) atoms. The summed E-state index contributed by atoms with van der Waals surface area (Å²) in [5, 5.41) is 4.15. The maximum absolute atomic E-state index is 5.89. The molecule has 0 saturated carbocycles. The van der Waals surface area contributed by atoms with Crippen molar-refractivity contribution in [3.63, 3.8) is 0 Å². The van der Waals surface area contributed by atoms with Gasteiger partial charge in [0.2, 0.25) is 0 Å². The third-order valence-electron chi connectivity index (χ3n) is 1.77. The van der Waals surface area contributed by atoms with Gasteiger partial charge in [-0.3, -0.25) is 0 Å². The van der Waals surface area contributed by atoms with Crippen LogP contribution in [-0.2, 0) is 0 Å². The molecule has 0 saturated heterocycles. The third kappa shape index (κ3) is 3.73. The molecule has 0 radical (unpaired) electrons. The standard InChI is InChI=1S/C10H13ClIN/c1-2-3-6-13-10-7-8(11)4-5-9(10)12/h4-5,7,13H,2-3,6H2,1H3. The van der Waals surface area contributed by atoms with Gasteiger partial charge in [0.05, 0.1) is 0 Å². The van der Waals surface area contributed by atoms with Gasteiger partial charge in [0.1, 0.15) is 0 Å². The minimum Gasteiger partial charge on any atom is -0.384 e. The minimum atomic E-state index is 0.791. The van der Waals surface area contributed by atoms with Crippen LogP contribution in [0.5, 0.6) is 0 Å². The molecule has 1 aromatic rings. The Morgan fingerprint density at radius 3 is 2.92 bits per heavy atom. The Morgan fingerprint density at radius 1 is 1.46 bits per heavy atom. The fourth-order valence-electron chi connectivity index (χ4n) is 1.03. The average molecular weight is 310 g/mol. The summed E-state index contributed by atoms with van der Waals surface area (Å²) in [6, 6.07) is 5.91. The highest BCUT2D eigenvalue weighted by Gasteiger charge is 1.98. The quantitative estimate of drug-likeness (QED) is 0.650. The van der Waals surface area contributed by atoms with Crippen molar-refractivity contribution in [3.8, 4) is 0 Å². The molecule has 0 atom stereocenters. The molecular formula is C10H13ClIN. The van der Waals surface area contributed by atoms with Crippen LogP contribution in [0.25, 0.3) is 0 Å². The normalized spacial score (nSPS) is 10.1. The molecule has 0 aliphatic rings. The maximum Gasteiger partial charge on any atom is 0.0490 e. The zero-order chi connectivity index (χ0) is 9.68. The molecule has 72 valence electrons. The first-order chi connectivity index (χ1) is 6.24. The lowest BCUT2D eigenvalue weighted by molar-refractivity contribution is 0.834. The number of unbranched alkanes of at least 4 members (excludes halogenated alkanes) is 1. The third-order valence-corrected chi connectivity index (χ3v) is 2.95. The number of nitrogens with one attached hydrogen (secondary N) is 1. The summed E-state index contributed by atoms with van der Waals surface area (Å²) >= 11 is 8.19. The van der Waals surface area contributed by atoms with Gasteiger partial charge in [-0.15, -0.1) is 0 Å². The molecule has 1 aromatic carbocycles. The van der Waals surface area contributed by atoms with Gasteiger partial charge in [-0.2, -0.15) is 0 Å². The van der Waals surface area contributed by atoms with E-state index in [1.165, 1.54) is 16.4 Å². The van der Waals surface area contributed by atoms with Gasteiger partial charge in [-0.05, 0) is 47.2 Å². The van der Waals surface area contributed by atoms with Crippen molar-refractivity contribution in [2.45, 2.75) is 19.8 Å². The Balaban J connectivity index is 2.59. The first-order valence-corrected chi connectivity index (χ1v) is 5.88. The van der Waals surface area contributed by atoms with E-state index in [0.717, 1.165) is 17.3 Å². The molecule has 0 spiro atoms. The fourth-order valence-corrected chi connectivity index (χ4v) is 1.73. The summed E-state index contributed by atoms with van der Waals surface area (Å²) in [7, 11) is 0. The van der Waals surface area contributed by atoms with Crippen molar-refractivity contribution in [2.24, 2.45) is 0 Å². The van der Waals surface area contributed by atoms with Crippen molar-refractivity contribution >= 4 is 39.9 Å². The second-order valence-corrected chi connectivity index (χ2v) is 4.50. The molecule has 0 aliphatic heterocycles. The summed E-state index contributed by atoms with van der Waals surface area (Å²) in [5.41, 5.74) is 1.14. The van der Waals surface area contributed by atoms with E-state index in [2.05, 4.69) is 34.8 Å². The molecule has 1 nitrogen and oxygen atoms in total. The molecule has 0 aromatic heterocycles. The van der Waals surface area contributed by atoms with Crippen LogP contribution in [0.4, 0.5) is 5.69 Å². The van der Waals surface area contributed by atoms with E-state index in [0.29, 0.717) is 0 Å². The highest BCUT2D eigenvalue weighted by molar-refractivity contribution is 14.1. The predicted octanol–water partition coefficient (Wildman–Crippen LogP) is 4.16. The van der Waals surface area contributed by atoms with Crippen molar-refractivity contribution in [3.05, 3.63) is 26.8 Å². The lowest BCUT2D eigenvalue weighted by Gasteiger charge is -2.07. The van der Waals surface area contributed by atoms with Crippen LogP contribution in [0.2, 0.25) is 5.02 Å². The van der Waals surface area contributed by atoms with Crippen molar-refractivity contribution in [1.29, 1.82) is 0 Å². The predicted molar refractivity (Wildman–Crippen MR) is 67.6 cm³/mol. The second kappa shape index (κ2) is 5.70. The van der Waals surface area contributed by atoms with Crippen LogP contribution in [0, 0.1) is 3.57 Å². The molecule has 0 amide bonds. The zero-order valence-corrected chi connectivity index (χ0v) is 10.5. The van der Waals surface area contributed by atoms with E-state index in [4.69, 9.17) is 11.6 Å². The van der Waals surface area contributed by atoms with E-state index in [-0.39, 0.29) is 0 Å². The summed E-state index contributed by atoms with van der Waals surface area (Å²) in [6.07, 6.45) is 2.41. The maximum atomic E-state index is 5.89. The van der Waals surface area contributed by atoms with Crippen molar-refractivity contribution in [1.82, 2.24) is 0 Å². The number of hydrogen-bond donors (Lipinski definition) is 1. The largest absolute Gasteiger partial charge is 0.384 e. The van der Waals surface area contributed by atoms with Gasteiger partial charge in [0, 0.05) is 20.8 Å². The van der Waals surface area contributed by atoms with Crippen molar-refractivity contribution < 1.29 is 0 Å². The Hall–Kier alpha value is 0.0400. The topological polar surface area (TPSA) is 12.0 Å². The second-order valence-electron chi connectivity index (χ2n) is 2.90. The molecule has 0 unspecified atom stereocenters. The molecule has 1 N–H and O–H groups in total. The highest BCUT2D eigenvalue weighted by Crippen LogP contribution is 2.22. The summed E-state index contributed by atoms with van der Waals surface area (Å²) in [5.74, 6) is 0. The van der Waals surface area contributed by atoms with E-state index >= 15 is 0 Å². The van der Waals surface area contributed by atoms with Crippen LogP contribution in [0.1, 0.15) is 19.8 Å². The summed E-state index contributed by atoms with van der Waals surface area (Å²) in [6.45, 7) is 3.21. The van der Waals surface area contributed by atoms with Gasteiger partial charge >= 0.3 is 0 Å². The monoisotopic (exact) mass is 309 g/mol. The minimum absolute atomic E-state index is 0.791. The lowest BCUT2D eigenvalue weighted by Crippen LogP contribution is -2.02. The smallest absolute Gasteiger partial charge is 0.0490 e. The zero-order valence-electron chi connectivity index (χ0n) is 7.61. The lowest BCUT2D eigenvalue weighted by atomic mass is 10.3. The SMILES string of the molecule is CCCCNc1cc(Cl)ccc1I. The molecule has 0 fully saturated rings. The Kier molecular flexibility index (Phi) is 4.88. The highest BCUT2D eigenvalue weighted by atomic mass is 127. The number of halogens is 2. The van der Waals surface area contributed by atoms with Crippen LogP contribution >= 0.6 is 34.2 Å². The van der Waals surface area contributed by atoms with Crippen LogP contribution in [0.3, 0.4) is 0 Å². The first-order valence-electron chi connectivity index (χ1n) is 4.43. The number of hydrogen-bond acceptors (Lipinski definition) is 1. The molecule has 1 rings (SSSR count). The molecule has 3 heteroatoms.